The lowest BCUT2D eigenvalue weighted by atomic mass is 10.3. The molecule has 0 unspecified atom stereocenters. The average molecular weight is 187 g/mol. The van der Waals surface area contributed by atoms with Crippen molar-refractivity contribution in [3.05, 3.63) is 21.3 Å². The Morgan fingerprint density at radius 2 is 2.45 bits per heavy atom. The summed E-state index contributed by atoms with van der Waals surface area (Å²) in [7, 11) is 0. The molecule has 0 spiro atoms. The summed E-state index contributed by atoms with van der Waals surface area (Å²) in [6.45, 7) is 0. The van der Waals surface area contributed by atoms with Crippen molar-refractivity contribution in [2.24, 2.45) is 5.16 Å². The molecule has 5 heteroatoms. The van der Waals surface area contributed by atoms with Crippen LogP contribution in [0.5, 0.6) is 0 Å². The highest BCUT2D eigenvalue weighted by atomic mass is 35.5. The van der Waals surface area contributed by atoms with Gasteiger partial charge in [-0.25, -0.2) is 0 Å². The Kier molecular flexibility index (Phi) is 2.47. The highest BCUT2D eigenvalue weighted by Crippen LogP contribution is 2.21. The van der Waals surface area contributed by atoms with Crippen molar-refractivity contribution < 1.29 is 5.21 Å². The number of oxime groups is 1. The van der Waals surface area contributed by atoms with Crippen LogP contribution in [0.15, 0.2) is 17.3 Å². The van der Waals surface area contributed by atoms with Crippen molar-refractivity contribution >= 4 is 28.6 Å². The lowest BCUT2D eigenvalue weighted by molar-refractivity contribution is 0.320. The molecule has 56 valence electrons. The summed E-state index contributed by atoms with van der Waals surface area (Å²) in [4.78, 5) is 0.569. The molecule has 0 aliphatic rings. The van der Waals surface area contributed by atoms with Gasteiger partial charge < -0.3 is 5.21 Å². The first-order valence-corrected chi connectivity index (χ1v) is 3.85. The third-order valence-corrected chi connectivity index (χ3v) is 2.25. The van der Waals surface area contributed by atoms with Gasteiger partial charge in [0.1, 0.15) is 6.07 Å². The van der Waals surface area contributed by atoms with Gasteiger partial charge in [-0.15, -0.1) is 11.3 Å². The number of rotatable bonds is 1. The second-order valence-corrected chi connectivity index (χ2v) is 3.38. The Bertz CT molecular complexity index is 326. The monoisotopic (exact) mass is 186 g/mol. The number of nitriles is 1. The third-order valence-electron chi connectivity index (χ3n) is 1.01. The molecule has 1 aromatic rings. The van der Waals surface area contributed by atoms with E-state index in [-0.39, 0.29) is 5.71 Å². The van der Waals surface area contributed by atoms with Gasteiger partial charge in [0.25, 0.3) is 0 Å². The lowest BCUT2D eigenvalue weighted by Gasteiger charge is -1.84. The zero-order valence-electron chi connectivity index (χ0n) is 5.28. The molecule has 3 nitrogen and oxygen atoms in total. The summed E-state index contributed by atoms with van der Waals surface area (Å²) in [5.74, 6) is 0. The van der Waals surface area contributed by atoms with Gasteiger partial charge in [0.05, 0.1) is 9.21 Å². The average Bonchev–Trinajstić information content (AvgIpc) is 2.39. The van der Waals surface area contributed by atoms with E-state index in [9.17, 15) is 0 Å². The van der Waals surface area contributed by atoms with E-state index in [2.05, 4.69) is 5.16 Å². The molecule has 0 atom stereocenters. The minimum absolute atomic E-state index is 0.0121. The molecule has 0 bridgehead atoms. The van der Waals surface area contributed by atoms with Crippen LogP contribution in [0.2, 0.25) is 4.34 Å². The first-order chi connectivity index (χ1) is 5.27. The molecule has 0 fully saturated rings. The summed E-state index contributed by atoms with van der Waals surface area (Å²) in [5.41, 5.74) is -0.0121. The van der Waals surface area contributed by atoms with Crippen LogP contribution in [0.4, 0.5) is 0 Å². The van der Waals surface area contributed by atoms with Gasteiger partial charge in [-0.05, 0) is 12.1 Å². The predicted molar refractivity (Wildman–Crippen MR) is 43.3 cm³/mol. The normalized spacial score (nSPS) is 11.1. The smallest absolute Gasteiger partial charge is 0.196 e. The standard InChI is InChI=1S/C6H3ClN2OS/c7-6-2-1-5(11-6)4(3-8)9-10/h1-2,10H/b9-4-. The molecular formula is C6H3ClN2OS. The van der Waals surface area contributed by atoms with Gasteiger partial charge in [-0.1, -0.05) is 16.8 Å². The Morgan fingerprint density at radius 3 is 2.82 bits per heavy atom. The van der Waals surface area contributed by atoms with Gasteiger partial charge in [0.15, 0.2) is 5.71 Å². The first kappa shape index (κ1) is 8.05. The van der Waals surface area contributed by atoms with Crippen molar-refractivity contribution in [1.29, 1.82) is 5.26 Å². The lowest BCUT2D eigenvalue weighted by Crippen LogP contribution is -1.91. The third kappa shape index (κ3) is 1.70. The highest BCUT2D eigenvalue weighted by molar-refractivity contribution is 7.18. The molecule has 0 radical (unpaired) electrons. The molecule has 0 aliphatic heterocycles. The van der Waals surface area contributed by atoms with E-state index in [1.54, 1.807) is 18.2 Å². The second-order valence-electron chi connectivity index (χ2n) is 1.66. The molecule has 1 rings (SSSR count). The van der Waals surface area contributed by atoms with E-state index in [0.29, 0.717) is 9.21 Å². The van der Waals surface area contributed by atoms with Crippen LogP contribution in [-0.4, -0.2) is 10.9 Å². The van der Waals surface area contributed by atoms with Crippen molar-refractivity contribution in [2.45, 2.75) is 0 Å². The SMILES string of the molecule is N#C/C(=N/O)c1ccc(Cl)s1. The maximum atomic E-state index is 8.41. The van der Waals surface area contributed by atoms with Crippen molar-refractivity contribution in [1.82, 2.24) is 0 Å². The second kappa shape index (κ2) is 3.37. The fraction of sp³-hybridized carbons (Fsp3) is 0. The van der Waals surface area contributed by atoms with Crippen LogP contribution < -0.4 is 0 Å². The van der Waals surface area contributed by atoms with Gasteiger partial charge >= 0.3 is 0 Å². The molecule has 0 aliphatic carbocycles. The van der Waals surface area contributed by atoms with E-state index in [4.69, 9.17) is 22.1 Å². The summed E-state index contributed by atoms with van der Waals surface area (Å²) < 4.78 is 0.566. The summed E-state index contributed by atoms with van der Waals surface area (Å²) >= 11 is 6.79. The van der Waals surface area contributed by atoms with E-state index in [0.717, 1.165) is 0 Å². The predicted octanol–water partition coefficient (Wildman–Crippen LogP) is 2.10. The summed E-state index contributed by atoms with van der Waals surface area (Å²) in [5, 5.41) is 19.5. The van der Waals surface area contributed by atoms with Gasteiger partial charge in [-0.3, -0.25) is 0 Å². The van der Waals surface area contributed by atoms with E-state index in [1.165, 1.54) is 11.3 Å². The van der Waals surface area contributed by atoms with Crippen molar-refractivity contribution in [3.63, 3.8) is 0 Å². The number of hydrogen-bond acceptors (Lipinski definition) is 4. The van der Waals surface area contributed by atoms with E-state index >= 15 is 0 Å². The van der Waals surface area contributed by atoms with Crippen LogP contribution in [0.1, 0.15) is 4.88 Å². The number of hydrogen-bond donors (Lipinski definition) is 1. The van der Waals surface area contributed by atoms with Gasteiger partial charge in [0, 0.05) is 0 Å². The Balaban J connectivity index is 3.03. The zero-order chi connectivity index (χ0) is 8.27. The fourth-order valence-electron chi connectivity index (χ4n) is 0.568. The van der Waals surface area contributed by atoms with Crippen LogP contribution in [0.25, 0.3) is 0 Å². The minimum Gasteiger partial charge on any atom is -0.410 e. The number of thiophene rings is 1. The molecular weight excluding hydrogens is 184 g/mol. The number of nitrogens with zero attached hydrogens (tertiary/aromatic N) is 2. The molecule has 0 saturated heterocycles. The number of halogens is 1. The largest absolute Gasteiger partial charge is 0.410 e. The van der Waals surface area contributed by atoms with Crippen molar-refractivity contribution in [2.75, 3.05) is 0 Å². The first-order valence-electron chi connectivity index (χ1n) is 2.66. The Morgan fingerprint density at radius 1 is 1.73 bits per heavy atom. The van der Waals surface area contributed by atoms with Crippen LogP contribution >= 0.6 is 22.9 Å². The molecule has 1 N–H and O–H groups in total. The Hall–Kier alpha value is -1.05. The molecule has 1 aromatic heterocycles. The van der Waals surface area contributed by atoms with E-state index < -0.39 is 0 Å². The van der Waals surface area contributed by atoms with Crippen molar-refractivity contribution in [3.8, 4) is 6.07 Å². The minimum atomic E-state index is -0.0121. The van der Waals surface area contributed by atoms with Crippen LogP contribution in [0.3, 0.4) is 0 Å². The van der Waals surface area contributed by atoms with Crippen LogP contribution in [-0.2, 0) is 0 Å². The zero-order valence-corrected chi connectivity index (χ0v) is 6.85. The topological polar surface area (TPSA) is 56.4 Å². The van der Waals surface area contributed by atoms with Gasteiger partial charge in [0.2, 0.25) is 0 Å². The highest BCUT2D eigenvalue weighted by Gasteiger charge is 2.05. The molecule has 0 aromatic carbocycles. The quantitative estimate of drug-likeness (QED) is 0.415. The van der Waals surface area contributed by atoms with Gasteiger partial charge in [-0.2, -0.15) is 5.26 Å². The molecule has 0 amide bonds. The molecule has 11 heavy (non-hydrogen) atoms. The summed E-state index contributed by atoms with van der Waals surface area (Å²) in [6.07, 6.45) is 0. The Labute approximate surface area is 72.1 Å². The molecule has 1 heterocycles. The maximum absolute atomic E-state index is 8.41. The summed E-state index contributed by atoms with van der Waals surface area (Å²) in [6, 6.07) is 5.01. The van der Waals surface area contributed by atoms with Crippen LogP contribution in [0, 0.1) is 11.3 Å². The van der Waals surface area contributed by atoms with E-state index in [1.807, 2.05) is 0 Å². The fourth-order valence-corrected chi connectivity index (χ4v) is 1.55. The maximum Gasteiger partial charge on any atom is 0.196 e. The molecule has 0 saturated carbocycles.